The van der Waals surface area contributed by atoms with E-state index in [-0.39, 0.29) is 12.1 Å². The lowest BCUT2D eigenvalue weighted by molar-refractivity contribution is 0.0221. The van der Waals surface area contributed by atoms with Gasteiger partial charge >= 0.3 is 6.09 Å². The first kappa shape index (κ1) is 20.1. The van der Waals surface area contributed by atoms with E-state index >= 15 is 0 Å². The number of pyridine rings is 1. The number of aromatic amines is 1. The number of nitrogens with one attached hydrogen (secondary N) is 1. The van der Waals surface area contributed by atoms with Crippen LogP contribution in [0.3, 0.4) is 0 Å². The van der Waals surface area contributed by atoms with E-state index in [4.69, 9.17) is 9.47 Å². The van der Waals surface area contributed by atoms with E-state index < -0.39 is 5.60 Å². The summed E-state index contributed by atoms with van der Waals surface area (Å²) < 4.78 is 11.5. The molecule has 1 N–H and O–H groups in total. The van der Waals surface area contributed by atoms with Gasteiger partial charge in [0.1, 0.15) is 11.2 Å². The molecule has 0 spiro atoms. The van der Waals surface area contributed by atoms with Crippen molar-refractivity contribution in [2.75, 3.05) is 13.2 Å². The molecule has 2 aliphatic heterocycles. The van der Waals surface area contributed by atoms with Crippen LogP contribution in [0.15, 0.2) is 36.7 Å². The van der Waals surface area contributed by atoms with E-state index in [1.165, 1.54) is 16.7 Å². The standard InChI is InChI=1S/C25H29N3O3/c1-25(2,3)31-24(29)28-9-4-5-22(28)20-13-18(11-16-7-10-30-15-21(16)20)19-12-17-6-8-26-23(17)27-14-19/h6,8,11-14,22H,4-5,7,9-10,15H2,1-3H3,(H,26,27). The highest BCUT2D eigenvalue weighted by molar-refractivity contribution is 5.82. The second kappa shape index (κ2) is 7.68. The molecule has 1 atom stereocenters. The van der Waals surface area contributed by atoms with Crippen molar-refractivity contribution >= 4 is 17.1 Å². The predicted octanol–water partition coefficient (Wildman–Crippen LogP) is 5.37. The van der Waals surface area contributed by atoms with Crippen LogP contribution in [0, 0.1) is 0 Å². The minimum Gasteiger partial charge on any atom is -0.444 e. The Morgan fingerprint density at radius 3 is 2.97 bits per heavy atom. The highest BCUT2D eigenvalue weighted by atomic mass is 16.6. The third-order valence-corrected chi connectivity index (χ3v) is 6.11. The summed E-state index contributed by atoms with van der Waals surface area (Å²) in [5.41, 5.74) is 6.33. The molecular weight excluding hydrogens is 390 g/mol. The van der Waals surface area contributed by atoms with Crippen molar-refractivity contribution in [1.29, 1.82) is 0 Å². The van der Waals surface area contributed by atoms with E-state index in [1.54, 1.807) is 0 Å². The Kier molecular flexibility index (Phi) is 4.97. The Labute approximate surface area is 182 Å². The van der Waals surface area contributed by atoms with Crippen LogP contribution in [0.2, 0.25) is 0 Å². The number of fused-ring (bicyclic) bond motifs is 2. The van der Waals surface area contributed by atoms with Crippen molar-refractivity contribution in [2.24, 2.45) is 0 Å². The summed E-state index contributed by atoms with van der Waals surface area (Å²) in [7, 11) is 0. The molecule has 2 aliphatic rings. The number of aromatic nitrogens is 2. The van der Waals surface area contributed by atoms with E-state index in [9.17, 15) is 4.79 Å². The number of carbonyl (C=O) groups excluding carboxylic acids is 1. The number of ether oxygens (including phenoxy) is 2. The highest BCUT2D eigenvalue weighted by Gasteiger charge is 2.35. The third-order valence-electron chi connectivity index (χ3n) is 6.11. The number of nitrogens with zero attached hydrogens (tertiary/aromatic N) is 2. The number of rotatable bonds is 2. The van der Waals surface area contributed by atoms with Gasteiger partial charge in [0.25, 0.3) is 0 Å². The molecule has 1 aromatic carbocycles. The second-order valence-corrected chi connectivity index (χ2v) is 9.48. The van der Waals surface area contributed by atoms with Crippen LogP contribution in [0.4, 0.5) is 4.79 Å². The maximum atomic E-state index is 12.9. The molecule has 0 saturated carbocycles. The van der Waals surface area contributed by atoms with Gasteiger partial charge < -0.3 is 19.4 Å². The number of hydrogen-bond donors (Lipinski definition) is 1. The van der Waals surface area contributed by atoms with Crippen molar-refractivity contribution in [2.45, 2.75) is 58.3 Å². The Balaban J connectivity index is 1.57. The van der Waals surface area contributed by atoms with Crippen LogP contribution in [0.5, 0.6) is 0 Å². The van der Waals surface area contributed by atoms with Crippen molar-refractivity contribution in [3.05, 3.63) is 53.3 Å². The summed E-state index contributed by atoms with van der Waals surface area (Å²) in [5, 5.41) is 1.09. The van der Waals surface area contributed by atoms with E-state index in [2.05, 4.69) is 28.2 Å². The molecule has 1 unspecified atom stereocenters. The third kappa shape index (κ3) is 3.92. The predicted molar refractivity (Wildman–Crippen MR) is 120 cm³/mol. The quantitative estimate of drug-likeness (QED) is 0.606. The van der Waals surface area contributed by atoms with Crippen LogP contribution in [0.25, 0.3) is 22.2 Å². The van der Waals surface area contributed by atoms with Gasteiger partial charge in [-0.1, -0.05) is 6.07 Å². The van der Waals surface area contributed by atoms with Crippen LogP contribution < -0.4 is 0 Å². The van der Waals surface area contributed by atoms with E-state index in [1.807, 2.05) is 44.1 Å². The fourth-order valence-corrected chi connectivity index (χ4v) is 4.70. The van der Waals surface area contributed by atoms with Gasteiger partial charge in [0, 0.05) is 29.9 Å². The maximum Gasteiger partial charge on any atom is 0.410 e. The molecule has 4 heterocycles. The molecule has 5 rings (SSSR count). The van der Waals surface area contributed by atoms with Gasteiger partial charge in [-0.25, -0.2) is 9.78 Å². The first-order valence-corrected chi connectivity index (χ1v) is 11.1. The number of likely N-dealkylation sites (tertiary alicyclic amines) is 1. The molecule has 6 heteroatoms. The molecule has 0 aliphatic carbocycles. The monoisotopic (exact) mass is 419 g/mol. The van der Waals surface area contributed by atoms with E-state index in [0.29, 0.717) is 6.61 Å². The molecule has 6 nitrogen and oxygen atoms in total. The number of H-pyrrole nitrogens is 1. The Hall–Kier alpha value is -2.86. The lowest BCUT2D eigenvalue weighted by atomic mass is 9.88. The number of amides is 1. The summed E-state index contributed by atoms with van der Waals surface area (Å²) >= 11 is 0. The molecule has 2 aromatic heterocycles. The fraction of sp³-hybridized carbons (Fsp3) is 0.440. The number of benzene rings is 1. The van der Waals surface area contributed by atoms with Gasteiger partial charge in [-0.3, -0.25) is 0 Å². The summed E-state index contributed by atoms with van der Waals surface area (Å²) in [6, 6.07) is 8.72. The van der Waals surface area contributed by atoms with Gasteiger partial charge in [-0.2, -0.15) is 0 Å². The first-order chi connectivity index (χ1) is 14.9. The zero-order valence-electron chi connectivity index (χ0n) is 18.4. The van der Waals surface area contributed by atoms with Crippen molar-refractivity contribution in [3.8, 4) is 11.1 Å². The minimum absolute atomic E-state index is 0.00852. The Bertz CT molecular complexity index is 1130. The van der Waals surface area contributed by atoms with Gasteiger partial charge in [-0.05, 0) is 80.5 Å². The maximum absolute atomic E-state index is 12.9. The summed E-state index contributed by atoms with van der Waals surface area (Å²) in [6.45, 7) is 7.78. The van der Waals surface area contributed by atoms with Crippen LogP contribution in [-0.4, -0.2) is 39.7 Å². The highest BCUT2D eigenvalue weighted by Crippen LogP contribution is 2.40. The van der Waals surface area contributed by atoms with Gasteiger partial charge in [0.15, 0.2) is 0 Å². The zero-order chi connectivity index (χ0) is 21.6. The second-order valence-electron chi connectivity index (χ2n) is 9.48. The van der Waals surface area contributed by atoms with Crippen molar-refractivity contribution in [1.82, 2.24) is 14.9 Å². The molecule has 0 radical (unpaired) electrons. The van der Waals surface area contributed by atoms with Crippen LogP contribution in [0.1, 0.15) is 56.3 Å². The van der Waals surface area contributed by atoms with Gasteiger partial charge in [0.05, 0.1) is 19.3 Å². The van der Waals surface area contributed by atoms with Gasteiger partial charge in [-0.15, -0.1) is 0 Å². The molecule has 0 bridgehead atoms. The van der Waals surface area contributed by atoms with Crippen molar-refractivity contribution in [3.63, 3.8) is 0 Å². The lowest BCUT2D eigenvalue weighted by Gasteiger charge is -2.31. The molecule has 3 aromatic rings. The average molecular weight is 420 g/mol. The first-order valence-electron chi connectivity index (χ1n) is 11.1. The Morgan fingerprint density at radius 1 is 1.26 bits per heavy atom. The summed E-state index contributed by atoms with van der Waals surface area (Å²) in [4.78, 5) is 22.6. The zero-order valence-corrected chi connectivity index (χ0v) is 18.4. The molecule has 162 valence electrons. The number of hydrogen-bond acceptors (Lipinski definition) is 4. The van der Waals surface area contributed by atoms with E-state index in [0.717, 1.165) is 54.6 Å². The fourth-order valence-electron chi connectivity index (χ4n) is 4.70. The topological polar surface area (TPSA) is 67.5 Å². The smallest absolute Gasteiger partial charge is 0.410 e. The van der Waals surface area contributed by atoms with Crippen LogP contribution in [-0.2, 0) is 22.5 Å². The molecule has 31 heavy (non-hydrogen) atoms. The summed E-state index contributed by atoms with van der Waals surface area (Å²) in [6.07, 6.45) is 6.39. The normalized spacial score (nSPS) is 18.9. The molecular formula is C25H29N3O3. The largest absolute Gasteiger partial charge is 0.444 e. The average Bonchev–Trinajstić information content (AvgIpc) is 3.40. The SMILES string of the molecule is CC(C)(C)OC(=O)N1CCCC1c1cc(-c2cnc3[nH]ccc3c2)cc2c1COCC2. The molecule has 1 amide bonds. The molecule has 1 fully saturated rings. The number of carbonyl (C=O) groups is 1. The lowest BCUT2D eigenvalue weighted by Crippen LogP contribution is -2.36. The minimum atomic E-state index is -0.508. The Morgan fingerprint density at radius 2 is 2.13 bits per heavy atom. The van der Waals surface area contributed by atoms with Crippen LogP contribution >= 0.6 is 0 Å². The van der Waals surface area contributed by atoms with Crippen molar-refractivity contribution < 1.29 is 14.3 Å². The molecule has 1 saturated heterocycles. The van der Waals surface area contributed by atoms with Gasteiger partial charge in [0.2, 0.25) is 0 Å². The summed E-state index contributed by atoms with van der Waals surface area (Å²) in [5.74, 6) is 0.